The number of amides is 1. The Kier molecular flexibility index (Phi) is 7.20. The van der Waals surface area contributed by atoms with E-state index < -0.39 is 16.1 Å². The maximum Gasteiger partial charge on any atom is 0.265 e. The lowest BCUT2D eigenvalue weighted by molar-refractivity contribution is -0.122. The first-order valence-corrected chi connectivity index (χ1v) is 11.6. The zero-order valence-corrected chi connectivity index (χ0v) is 18.7. The highest BCUT2D eigenvalue weighted by atomic mass is 35.5. The summed E-state index contributed by atoms with van der Waals surface area (Å²) in [4.78, 5) is 12.7. The van der Waals surface area contributed by atoms with E-state index in [0.29, 0.717) is 28.6 Å². The number of halogens is 1. The van der Waals surface area contributed by atoms with E-state index in [1.807, 2.05) is 38.1 Å². The third kappa shape index (κ3) is 5.77. The lowest BCUT2D eigenvalue weighted by Crippen LogP contribution is -2.32. The van der Waals surface area contributed by atoms with Crippen LogP contribution in [-0.2, 0) is 14.8 Å². The summed E-state index contributed by atoms with van der Waals surface area (Å²) in [7, 11) is -3.82. The Balaban J connectivity index is 1.68. The van der Waals surface area contributed by atoms with Crippen molar-refractivity contribution in [3.8, 4) is 5.75 Å². The molecule has 0 fully saturated rings. The van der Waals surface area contributed by atoms with Crippen LogP contribution in [0.2, 0.25) is 5.02 Å². The number of para-hydroxylation sites is 2. The van der Waals surface area contributed by atoms with E-state index in [2.05, 4.69) is 10.0 Å². The van der Waals surface area contributed by atoms with Gasteiger partial charge in [-0.2, -0.15) is 0 Å². The summed E-state index contributed by atoms with van der Waals surface area (Å²) in [6.07, 6.45) is -0.194. The third-order valence-corrected chi connectivity index (χ3v) is 6.29. The van der Waals surface area contributed by atoms with E-state index in [0.717, 1.165) is 5.56 Å². The predicted octanol–water partition coefficient (Wildman–Crippen LogP) is 5.25. The van der Waals surface area contributed by atoms with Gasteiger partial charge in [-0.15, -0.1) is 0 Å². The first-order valence-electron chi connectivity index (χ1n) is 9.70. The van der Waals surface area contributed by atoms with Crippen molar-refractivity contribution in [1.82, 2.24) is 0 Å². The molecule has 0 aromatic heterocycles. The molecule has 0 unspecified atom stereocenters. The zero-order chi connectivity index (χ0) is 22.4. The van der Waals surface area contributed by atoms with E-state index in [9.17, 15) is 13.2 Å². The molecule has 3 aromatic rings. The number of carbonyl (C=O) groups excluding carboxylic acids is 1. The molecule has 0 saturated carbocycles. The second kappa shape index (κ2) is 9.85. The van der Waals surface area contributed by atoms with Crippen molar-refractivity contribution in [2.45, 2.75) is 31.3 Å². The summed E-state index contributed by atoms with van der Waals surface area (Å²) < 4.78 is 33.5. The predicted molar refractivity (Wildman–Crippen MR) is 123 cm³/mol. The molecule has 0 spiro atoms. The van der Waals surface area contributed by atoms with Gasteiger partial charge in [-0.1, -0.05) is 48.9 Å². The van der Waals surface area contributed by atoms with Gasteiger partial charge in [-0.05, 0) is 61.4 Å². The van der Waals surface area contributed by atoms with Crippen LogP contribution in [0.3, 0.4) is 0 Å². The Morgan fingerprint density at radius 2 is 1.65 bits per heavy atom. The average molecular weight is 459 g/mol. The monoisotopic (exact) mass is 458 g/mol. The third-order valence-electron chi connectivity index (χ3n) is 4.58. The second-order valence-electron chi connectivity index (χ2n) is 6.88. The van der Waals surface area contributed by atoms with Gasteiger partial charge >= 0.3 is 0 Å². The Bertz CT molecular complexity index is 1160. The van der Waals surface area contributed by atoms with Crippen LogP contribution in [0, 0.1) is 6.92 Å². The molecule has 8 heteroatoms. The minimum absolute atomic E-state index is 0.0496. The SMILES string of the molecule is CC[C@H](Oc1ccccc1C)C(=O)Nc1ccc(S(=O)(=O)Nc2ccccc2Cl)cc1. The fraction of sp³-hybridized carbons (Fsp3) is 0.174. The molecular formula is C23H23ClN2O4S. The van der Waals surface area contributed by atoms with Crippen molar-refractivity contribution in [2.75, 3.05) is 10.0 Å². The minimum Gasteiger partial charge on any atom is -0.480 e. The Morgan fingerprint density at radius 1 is 1.00 bits per heavy atom. The number of sulfonamides is 1. The molecule has 0 aliphatic heterocycles. The van der Waals surface area contributed by atoms with Crippen molar-refractivity contribution >= 4 is 38.9 Å². The molecule has 3 aromatic carbocycles. The van der Waals surface area contributed by atoms with Crippen LogP contribution in [0.5, 0.6) is 5.75 Å². The van der Waals surface area contributed by atoms with Crippen molar-refractivity contribution < 1.29 is 17.9 Å². The van der Waals surface area contributed by atoms with Gasteiger partial charge in [0.15, 0.2) is 6.10 Å². The van der Waals surface area contributed by atoms with Crippen LogP contribution in [0.1, 0.15) is 18.9 Å². The second-order valence-corrected chi connectivity index (χ2v) is 8.97. The molecule has 0 radical (unpaired) electrons. The number of nitrogens with one attached hydrogen (secondary N) is 2. The topological polar surface area (TPSA) is 84.5 Å². The van der Waals surface area contributed by atoms with E-state index >= 15 is 0 Å². The number of ether oxygens (including phenoxy) is 1. The Morgan fingerprint density at radius 3 is 2.29 bits per heavy atom. The van der Waals surface area contributed by atoms with Crippen LogP contribution in [0.25, 0.3) is 0 Å². The lowest BCUT2D eigenvalue weighted by Gasteiger charge is -2.18. The highest BCUT2D eigenvalue weighted by Crippen LogP contribution is 2.25. The molecule has 2 N–H and O–H groups in total. The Hall–Kier alpha value is -3.03. The molecule has 0 saturated heterocycles. The first-order chi connectivity index (χ1) is 14.8. The summed E-state index contributed by atoms with van der Waals surface area (Å²) in [6, 6.07) is 19.9. The number of hydrogen-bond acceptors (Lipinski definition) is 4. The number of rotatable bonds is 8. The largest absolute Gasteiger partial charge is 0.480 e. The van der Waals surface area contributed by atoms with Crippen molar-refractivity contribution in [1.29, 1.82) is 0 Å². The summed E-state index contributed by atoms with van der Waals surface area (Å²) in [5, 5.41) is 3.07. The summed E-state index contributed by atoms with van der Waals surface area (Å²) in [5.41, 5.74) is 1.70. The van der Waals surface area contributed by atoms with Gasteiger partial charge in [0.1, 0.15) is 5.75 Å². The molecule has 1 atom stereocenters. The van der Waals surface area contributed by atoms with Gasteiger partial charge < -0.3 is 10.1 Å². The van der Waals surface area contributed by atoms with Crippen LogP contribution in [0.4, 0.5) is 11.4 Å². The van der Waals surface area contributed by atoms with Crippen LogP contribution in [0.15, 0.2) is 77.7 Å². The highest BCUT2D eigenvalue weighted by molar-refractivity contribution is 7.92. The molecule has 31 heavy (non-hydrogen) atoms. The number of benzene rings is 3. The van der Waals surface area contributed by atoms with Crippen LogP contribution >= 0.6 is 11.6 Å². The maximum atomic E-state index is 12.6. The molecule has 0 bridgehead atoms. The fourth-order valence-corrected chi connectivity index (χ4v) is 4.17. The van der Waals surface area contributed by atoms with Gasteiger partial charge in [0.25, 0.3) is 15.9 Å². The zero-order valence-electron chi connectivity index (χ0n) is 17.1. The van der Waals surface area contributed by atoms with Crippen molar-refractivity contribution in [3.63, 3.8) is 0 Å². The van der Waals surface area contributed by atoms with E-state index in [4.69, 9.17) is 16.3 Å². The fourth-order valence-electron chi connectivity index (χ4n) is 2.85. The first kappa shape index (κ1) is 22.7. The number of anilines is 2. The van der Waals surface area contributed by atoms with Gasteiger partial charge in [-0.25, -0.2) is 8.42 Å². The summed E-state index contributed by atoms with van der Waals surface area (Å²) in [5.74, 6) is 0.340. The smallest absolute Gasteiger partial charge is 0.265 e. The van der Waals surface area contributed by atoms with E-state index in [1.54, 1.807) is 24.3 Å². The van der Waals surface area contributed by atoms with E-state index in [-0.39, 0.29) is 10.8 Å². The normalized spacial score (nSPS) is 12.1. The van der Waals surface area contributed by atoms with Gasteiger partial charge in [0.05, 0.1) is 15.6 Å². The standard InChI is InChI=1S/C23H23ClN2O4S/c1-3-21(30-22-11-7-4-8-16(22)2)23(27)25-17-12-14-18(15-13-17)31(28,29)26-20-10-6-5-9-19(20)24/h4-15,21,26H,3H2,1-2H3,(H,25,27)/t21-/m0/s1. The maximum absolute atomic E-state index is 12.6. The van der Waals surface area contributed by atoms with E-state index in [1.165, 1.54) is 24.3 Å². The average Bonchev–Trinajstić information content (AvgIpc) is 2.75. The molecule has 1 amide bonds. The molecule has 3 rings (SSSR count). The number of carbonyl (C=O) groups is 1. The summed E-state index contributed by atoms with van der Waals surface area (Å²) >= 11 is 6.03. The molecular weight excluding hydrogens is 436 g/mol. The van der Waals surface area contributed by atoms with Crippen molar-refractivity contribution in [2.24, 2.45) is 0 Å². The number of aryl methyl sites for hydroxylation is 1. The molecule has 0 aliphatic rings. The summed E-state index contributed by atoms with van der Waals surface area (Å²) in [6.45, 7) is 3.77. The number of hydrogen-bond donors (Lipinski definition) is 2. The van der Waals surface area contributed by atoms with Gasteiger partial charge in [-0.3, -0.25) is 9.52 Å². The van der Waals surface area contributed by atoms with Crippen LogP contribution in [-0.4, -0.2) is 20.4 Å². The molecule has 162 valence electrons. The quantitative estimate of drug-likeness (QED) is 0.483. The molecule has 6 nitrogen and oxygen atoms in total. The van der Waals surface area contributed by atoms with Crippen molar-refractivity contribution in [3.05, 3.63) is 83.4 Å². The van der Waals surface area contributed by atoms with Gasteiger partial charge in [0, 0.05) is 5.69 Å². The molecule has 0 heterocycles. The molecule has 0 aliphatic carbocycles. The minimum atomic E-state index is -3.82. The highest BCUT2D eigenvalue weighted by Gasteiger charge is 2.20. The Labute approximate surface area is 187 Å². The van der Waals surface area contributed by atoms with Crippen LogP contribution < -0.4 is 14.8 Å². The lowest BCUT2D eigenvalue weighted by atomic mass is 10.2. The van der Waals surface area contributed by atoms with Gasteiger partial charge in [0.2, 0.25) is 0 Å².